The molecule has 0 unspecified atom stereocenters. The van der Waals surface area contributed by atoms with E-state index in [-0.39, 0.29) is 0 Å². The molecular formula is C11H16N6S. The number of aryl methyl sites for hydroxylation is 2. The van der Waals surface area contributed by atoms with Crippen molar-refractivity contribution in [3.05, 3.63) is 27.8 Å². The van der Waals surface area contributed by atoms with Gasteiger partial charge in [0.1, 0.15) is 5.82 Å². The molecule has 0 aliphatic heterocycles. The maximum Gasteiger partial charge on any atom is 0.239 e. The molecule has 0 aliphatic carbocycles. The lowest BCUT2D eigenvalue weighted by Crippen LogP contribution is -2.20. The molecule has 2 aromatic rings. The largest absolute Gasteiger partial charge is 0.354 e. The van der Waals surface area contributed by atoms with Gasteiger partial charge in [0, 0.05) is 23.7 Å². The molecule has 2 rings (SSSR count). The van der Waals surface area contributed by atoms with Gasteiger partial charge < -0.3 is 4.90 Å². The van der Waals surface area contributed by atoms with Crippen LogP contribution in [0.15, 0.2) is 11.7 Å². The first-order valence-electron chi connectivity index (χ1n) is 5.52. The van der Waals surface area contributed by atoms with Gasteiger partial charge >= 0.3 is 0 Å². The van der Waals surface area contributed by atoms with Crippen molar-refractivity contribution in [3.63, 3.8) is 0 Å². The van der Waals surface area contributed by atoms with Crippen molar-refractivity contribution in [3.8, 4) is 0 Å². The van der Waals surface area contributed by atoms with Crippen molar-refractivity contribution in [1.82, 2.24) is 15.0 Å². The lowest BCUT2D eigenvalue weighted by molar-refractivity contribution is 0.885. The minimum Gasteiger partial charge on any atom is -0.354 e. The number of hydrazine groups is 1. The van der Waals surface area contributed by atoms with Crippen LogP contribution in [0.3, 0.4) is 0 Å². The number of anilines is 2. The molecule has 96 valence electrons. The third-order valence-corrected chi connectivity index (χ3v) is 3.58. The first-order valence-corrected chi connectivity index (χ1v) is 6.40. The zero-order chi connectivity index (χ0) is 13.1. The van der Waals surface area contributed by atoms with Gasteiger partial charge in [0.15, 0.2) is 0 Å². The van der Waals surface area contributed by atoms with Crippen LogP contribution in [0.2, 0.25) is 0 Å². The molecule has 0 aromatic carbocycles. The summed E-state index contributed by atoms with van der Waals surface area (Å²) >= 11 is 1.65. The van der Waals surface area contributed by atoms with Gasteiger partial charge in [-0.05, 0) is 13.8 Å². The molecule has 6 nitrogen and oxygen atoms in total. The fourth-order valence-corrected chi connectivity index (χ4v) is 2.49. The average molecular weight is 264 g/mol. The zero-order valence-electron chi connectivity index (χ0n) is 10.6. The van der Waals surface area contributed by atoms with E-state index in [0.717, 1.165) is 23.6 Å². The fourth-order valence-electron chi connectivity index (χ4n) is 1.66. The second kappa shape index (κ2) is 5.28. The van der Waals surface area contributed by atoms with Gasteiger partial charge in [0.2, 0.25) is 5.95 Å². The van der Waals surface area contributed by atoms with Crippen molar-refractivity contribution in [2.24, 2.45) is 5.84 Å². The van der Waals surface area contributed by atoms with Gasteiger partial charge in [-0.2, -0.15) is 4.98 Å². The summed E-state index contributed by atoms with van der Waals surface area (Å²) in [7, 11) is 1.99. The van der Waals surface area contributed by atoms with Crippen LogP contribution in [0.25, 0.3) is 0 Å². The Morgan fingerprint density at radius 3 is 2.78 bits per heavy atom. The van der Waals surface area contributed by atoms with Crippen LogP contribution in [-0.2, 0) is 6.54 Å². The Kier molecular flexibility index (Phi) is 3.73. The SMILES string of the molecule is Cc1cnc(NN)nc1N(C)Cc1scnc1C. The molecule has 2 aromatic heterocycles. The number of thiazole rings is 1. The van der Waals surface area contributed by atoms with E-state index < -0.39 is 0 Å². The quantitative estimate of drug-likeness (QED) is 0.643. The Labute approximate surface area is 110 Å². The highest BCUT2D eigenvalue weighted by Crippen LogP contribution is 2.21. The number of hydrogen-bond donors (Lipinski definition) is 2. The number of aromatic nitrogens is 3. The van der Waals surface area contributed by atoms with E-state index in [4.69, 9.17) is 5.84 Å². The second-order valence-electron chi connectivity index (χ2n) is 4.06. The van der Waals surface area contributed by atoms with Crippen LogP contribution in [-0.4, -0.2) is 22.0 Å². The normalized spacial score (nSPS) is 10.4. The summed E-state index contributed by atoms with van der Waals surface area (Å²) in [5.74, 6) is 6.61. The van der Waals surface area contributed by atoms with E-state index in [2.05, 4.69) is 25.3 Å². The monoisotopic (exact) mass is 264 g/mol. The lowest BCUT2D eigenvalue weighted by Gasteiger charge is -2.19. The average Bonchev–Trinajstić information content (AvgIpc) is 2.75. The van der Waals surface area contributed by atoms with Gasteiger partial charge in [-0.25, -0.2) is 15.8 Å². The summed E-state index contributed by atoms with van der Waals surface area (Å²) in [4.78, 5) is 16.0. The summed E-state index contributed by atoms with van der Waals surface area (Å²) in [6.07, 6.45) is 1.76. The Morgan fingerprint density at radius 1 is 1.39 bits per heavy atom. The smallest absolute Gasteiger partial charge is 0.239 e. The van der Waals surface area contributed by atoms with Crippen molar-refractivity contribution in [1.29, 1.82) is 0 Å². The molecule has 0 fully saturated rings. The highest BCUT2D eigenvalue weighted by Gasteiger charge is 2.11. The molecule has 0 spiro atoms. The Balaban J connectivity index is 2.23. The minimum atomic E-state index is 0.420. The molecule has 3 N–H and O–H groups in total. The van der Waals surface area contributed by atoms with Gasteiger partial charge in [-0.15, -0.1) is 11.3 Å². The Morgan fingerprint density at radius 2 is 2.17 bits per heavy atom. The van der Waals surface area contributed by atoms with Gasteiger partial charge in [-0.1, -0.05) is 0 Å². The second-order valence-corrected chi connectivity index (χ2v) is 5.00. The van der Waals surface area contributed by atoms with E-state index >= 15 is 0 Å². The van der Waals surface area contributed by atoms with E-state index in [1.54, 1.807) is 17.5 Å². The number of rotatable bonds is 4. The van der Waals surface area contributed by atoms with Crippen molar-refractivity contribution >= 4 is 23.1 Å². The van der Waals surface area contributed by atoms with E-state index in [9.17, 15) is 0 Å². The molecule has 0 saturated heterocycles. The molecule has 18 heavy (non-hydrogen) atoms. The van der Waals surface area contributed by atoms with Crippen molar-refractivity contribution < 1.29 is 0 Å². The molecule has 0 bridgehead atoms. The van der Waals surface area contributed by atoms with Gasteiger partial charge in [0.25, 0.3) is 0 Å². The third-order valence-electron chi connectivity index (χ3n) is 2.66. The number of nitrogens with one attached hydrogen (secondary N) is 1. The van der Waals surface area contributed by atoms with Crippen LogP contribution in [0.5, 0.6) is 0 Å². The first-order chi connectivity index (χ1) is 8.61. The predicted molar refractivity (Wildman–Crippen MR) is 73.5 cm³/mol. The van der Waals surface area contributed by atoms with Crippen LogP contribution < -0.4 is 16.2 Å². The van der Waals surface area contributed by atoms with E-state index in [0.29, 0.717) is 5.95 Å². The lowest BCUT2D eigenvalue weighted by atomic mass is 10.3. The molecule has 0 atom stereocenters. The molecule has 0 amide bonds. The highest BCUT2D eigenvalue weighted by molar-refractivity contribution is 7.09. The summed E-state index contributed by atoms with van der Waals surface area (Å²) in [6, 6.07) is 0. The summed E-state index contributed by atoms with van der Waals surface area (Å²) in [6.45, 7) is 4.77. The summed E-state index contributed by atoms with van der Waals surface area (Å²) < 4.78 is 0. The number of nitrogens with zero attached hydrogens (tertiary/aromatic N) is 4. The van der Waals surface area contributed by atoms with Crippen LogP contribution in [0.1, 0.15) is 16.1 Å². The Bertz CT molecular complexity index is 538. The number of nitrogens with two attached hydrogens (primary N) is 1. The number of hydrogen-bond acceptors (Lipinski definition) is 7. The third kappa shape index (κ3) is 2.57. The molecule has 2 heterocycles. The van der Waals surface area contributed by atoms with Crippen molar-refractivity contribution in [2.75, 3.05) is 17.4 Å². The minimum absolute atomic E-state index is 0.420. The van der Waals surface area contributed by atoms with Crippen LogP contribution >= 0.6 is 11.3 Å². The number of nitrogen functional groups attached to an aromatic ring is 1. The van der Waals surface area contributed by atoms with Crippen LogP contribution in [0, 0.1) is 13.8 Å². The topological polar surface area (TPSA) is 80.0 Å². The zero-order valence-corrected chi connectivity index (χ0v) is 11.5. The summed E-state index contributed by atoms with van der Waals surface area (Å²) in [5, 5.41) is 0. The van der Waals surface area contributed by atoms with Gasteiger partial charge in [-0.3, -0.25) is 5.43 Å². The standard InChI is InChI=1S/C11H16N6S/c1-7-4-13-11(16-12)15-10(7)17(3)5-9-8(2)14-6-18-9/h4,6H,5,12H2,1-3H3,(H,13,15,16). The maximum atomic E-state index is 5.33. The van der Waals surface area contributed by atoms with Crippen LogP contribution in [0.4, 0.5) is 11.8 Å². The highest BCUT2D eigenvalue weighted by atomic mass is 32.1. The molecule has 0 radical (unpaired) electrons. The summed E-state index contributed by atoms with van der Waals surface area (Å²) in [5.41, 5.74) is 6.40. The predicted octanol–water partition coefficient (Wildman–Crippen LogP) is 1.47. The van der Waals surface area contributed by atoms with E-state index in [1.165, 1.54) is 4.88 Å². The van der Waals surface area contributed by atoms with Crippen molar-refractivity contribution in [2.45, 2.75) is 20.4 Å². The first kappa shape index (κ1) is 12.7. The Hall–Kier alpha value is -1.73. The van der Waals surface area contributed by atoms with Gasteiger partial charge in [0.05, 0.1) is 17.7 Å². The molecule has 0 aliphatic rings. The molecular weight excluding hydrogens is 248 g/mol. The van der Waals surface area contributed by atoms with E-state index in [1.807, 2.05) is 26.4 Å². The molecule has 0 saturated carbocycles. The molecule has 7 heteroatoms. The fraction of sp³-hybridized carbons (Fsp3) is 0.364. The maximum absolute atomic E-state index is 5.33.